The van der Waals surface area contributed by atoms with Crippen LogP contribution in [0.1, 0.15) is 23.8 Å². The van der Waals surface area contributed by atoms with Crippen molar-refractivity contribution in [3.05, 3.63) is 41.4 Å². The number of para-hydroxylation sites is 1. The molecule has 0 fully saturated rings. The van der Waals surface area contributed by atoms with E-state index in [9.17, 15) is 4.79 Å². The molecule has 1 heterocycles. The Balaban J connectivity index is 1.75. The predicted molar refractivity (Wildman–Crippen MR) is 87.8 cm³/mol. The van der Waals surface area contributed by atoms with Crippen LogP contribution in [0.2, 0.25) is 0 Å². The van der Waals surface area contributed by atoms with Crippen LogP contribution in [0.25, 0.3) is 0 Å². The van der Waals surface area contributed by atoms with Gasteiger partial charge in [0.25, 0.3) is 5.91 Å². The molecule has 2 aromatic rings. The first-order valence-corrected chi connectivity index (χ1v) is 7.88. The topological polar surface area (TPSA) is 71.2 Å². The highest BCUT2D eigenvalue weighted by atomic mass is 32.1. The lowest BCUT2D eigenvalue weighted by Crippen LogP contribution is -2.30. The van der Waals surface area contributed by atoms with Crippen LogP contribution < -0.4 is 16.0 Å². The number of thiazole rings is 1. The van der Waals surface area contributed by atoms with E-state index in [-0.39, 0.29) is 5.91 Å². The highest BCUT2D eigenvalue weighted by Gasteiger charge is 2.09. The van der Waals surface area contributed by atoms with E-state index >= 15 is 0 Å². The summed E-state index contributed by atoms with van der Waals surface area (Å²) in [6.45, 7) is 4.60. The number of rotatable bonds is 7. The van der Waals surface area contributed by atoms with Gasteiger partial charge in [-0.15, -0.1) is 11.3 Å². The number of carbonyl (C=O) groups is 1. The number of nitrogens with two attached hydrogens (primary N) is 1. The highest BCUT2D eigenvalue weighted by Crippen LogP contribution is 2.13. The van der Waals surface area contributed by atoms with Crippen molar-refractivity contribution >= 4 is 28.1 Å². The third-order valence-corrected chi connectivity index (χ3v) is 3.82. The van der Waals surface area contributed by atoms with Crippen LogP contribution in [-0.4, -0.2) is 30.5 Å². The molecule has 0 saturated heterocycles. The lowest BCUT2D eigenvalue weighted by Gasteiger charge is -2.23. The lowest BCUT2D eigenvalue weighted by molar-refractivity contribution is 0.0949. The molecule has 0 aliphatic rings. The summed E-state index contributed by atoms with van der Waals surface area (Å²) in [6, 6.07) is 10.3. The number of hydrogen-bond donors (Lipinski definition) is 2. The van der Waals surface area contributed by atoms with Gasteiger partial charge in [-0.2, -0.15) is 0 Å². The van der Waals surface area contributed by atoms with Crippen LogP contribution in [0.4, 0.5) is 10.8 Å². The minimum absolute atomic E-state index is 0.161. The molecule has 0 radical (unpaired) electrons. The highest BCUT2D eigenvalue weighted by molar-refractivity contribution is 7.13. The van der Waals surface area contributed by atoms with Gasteiger partial charge in [0.1, 0.15) is 5.69 Å². The summed E-state index contributed by atoms with van der Waals surface area (Å²) in [7, 11) is 0. The van der Waals surface area contributed by atoms with E-state index < -0.39 is 0 Å². The predicted octanol–water partition coefficient (Wildman–Crippen LogP) is 2.37. The molecule has 5 nitrogen and oxygen atoms in total. The number of benzene rings is 1. The molecule has 0 aliphatic heterocycles. The molecule has 1 aromatic carbocycles. The number of nitrogens with one attached hydrogen (secondary N) is 1. The molecule has 1 aromatic heterocycles. The van der Waals surface area contributed by atoms with E-state index in [4.69, 9.17) is 5.73 Å². The molecular weight excluding hydrogens is 284 g/mol. The van der Waals surface area contributed by atoms with Crippen molar-refractivity contribution in [2.24, 2.45) is 0 Å². The van der Waals surface area contributed by atoms with Crippen molar-refractivity contribution in [1.82, 2.24) is 10.3 Å². The van der Waals surface area contributed by atoms with Gasteiger partial charge >= 0.3 is 0 Å². The first-order chi connectivity index (χ1) is 10.2. The Labute approximate surface area is 128 Å². The van der Waals surface area contributed by atoms with Crippen molar-refractivity contribution in [2.75, 3.05) is 30.3 Å². The van der Waals surface area contributed by atoms with Crippen LogP contribution in [-0.2, 0) is 0 Å². The van der Waals surface area contributed by atoms with Gasteiger partial charge in [-0.05, 0) is 25.5 Å². The Morgan fingerprint density at radius 2 is 2.14 bits per heavy atom. The van der Waals surface area contributed by atoms with Gasteiger partial charge in [-0.1, -0.05) is 18.2 Å². The fourth-order valence-corrected chi connectivity index (χ4v) is 2.61. The molecule has 1 amide bonds. The number of carbonyl (C=O) groups excluding carboxylic acids is 1. The van der Waals surface area contributed by atoms with E-state index in [1.807, 2.05) is 18.2 Å². The molecule has 112 valence electrons. The number of amides is 1. The van der Waals surface area contributed by atoms with Gasteiger partial charge in [0, 0.05) is 30.7 Å². The van der Waals surface area contributed by atoms with Gasteiger partial charge in [-0.25, -0.2) is 4.98 Å². The molecule has 0 aliphatic carbocycles. The Hall–Kier alpha value is -2.08. The van der Waals surface area contributed by atoms with Crippen molar-refractivity contribution in [3.63, 3.8) is 0 Å². The van der Waals surface area contributed by atoms with Crippen molar-refractivity contribution in [2.45, 2.75) is 13.3 Å². The second-order valence-corrected chi connectivity index (χ2v) is 5.49. The monoisotopic (exact) mass is 304 g/mol. The molecule has 0 atom stereocenters. The van der Waals surface area contributed by atoms with Crippen LogP contribution in [0.3, 0.4) is 0 Å². The minimum Gasteiger partial charge on any atom is -0.375 e. The fraction of sp³-hybridized carbons (Fsp3) is 0.333. The zero-order valence-electron chi connectivity index (χ0n) is 12.1. The van der Waals surface area contributed by atoms with Crippen LogP contribution in [0.5, 0.6) is 0 Å². The third kappa shape index (κ3) is 4.46. The molecule has 3 N–H and O–H groups in total. The molecule has 0 unspecified atom stereocenters. The summed E-state index contributed by atoms with van der Waals surface area (Å²) in [5.74, 6) is -0.161. The van der Waals surface area contributed by atoms with Crippen LogP contribution in [0, 0.1) is 0 Å². The molecule has 2 rings (SSSR count). The molecule has 0 saturated carbocycles. The number of anilines is 2. The van der Waals surface area contributed by atoms with Gasteiger partial charge in [0.15, 0.2) is 5.13 Å². The third-order valence-electron chi connectivity index (χ3n) is 3.15. The number of hydrogen-bond acceptors (Lipinski definition) is 5. The molecule has 21 heavy (non-hydrogen) atoms. The summed E-state index contributed by atoms with van der Waals surface area (Å²) in [5.41, 5.74) is 7.12. The second kappa shape index (κ2) is 7.64. The van der Waals surface area contributed by atoms with Crippen LogP contribution in [0.15, 0.2) is 35.7 Å². The SMILES string of the molecule is CCN(CCCNC(=O)c1csc(N)n1)c1ccccc1. The Kier molecular flexibility index (Phi) is 5.57. The summed E-state index contributed by atoms with van der Waals surface area (Å²) in [5, 5.41) is 4.96. The van der Waals surface area contributed by atoms with E-state index in [1.165, 1.54) is 17.0 Å². The van der Waals surface area contributed by atoms with Gasteiger partial charge in [0.2, 0.25) is 0 Å². The van der Waals surface area contributed by atoms with E-state index in [0.717, 1.165) is 19.5 Å². The summed E-state index contributed by atoms with van der Waals surface area (Å²) < 4.78 is 0. The van der Waals surface area contributed by atoms with Gasteiger partial charge < -0.3 is 16.0 Å². The standard InChI is InChI=1S/C15H20N4OS/c1-2-19(12-7-4-3-5-8-12)10-6-9-17-14(20)13-11-21-15(16)18-13/h3-5,7-8,11H,2,6,9-10H2,1H3,(H2,16,18)(H,17,20). The normalized spacial score (nSPS) is 10.3. The van der Waals surface area contributed by atoms with Gasteiger partial charge in [-0.3, -0.25) is 4.79 Å². The van der Waals surface area contributed by atoms with Crippen molar-refractivity contribution in [1.29, 1.82) is 0 Å². The zero-order chi connectivity index (χ0) is 15.1. The first kappa shape index (κ1) is 15.3. The lowest BCUT2D eigenvalue weighted by atomic mass is 10.2. The number of aromatic nitrogens is 1. The summed E-state index contributed by atoms with van der Waals surface area (Å²) in [4.78, 5) is 18.1. The Morgan fingerprint density at radius 3 is 2.76 bits per heavy atom. The smallest absolute Gasteiger partial charge is 0.270 e. The number of nitrogen functional groups attached to an aromatic ring is 1. The maximum atomic E-state index is 11.8. The van der Waals surface area contributed by atoms with Crippen molar-refractivity contribution < 1.29 is 4.79 Å². The quantitative estimate of drug-likeness (QED) is 0.770. The zero-order valence-corrected chi connectivity index (χ0v) is 12.9. The van der Waals surface area contributed by atoms with Gasteiger partial charge in [0.05, 0.1) is 0 Å². The molecule has 0 spiro atoms. The summed E-state index contributed by atoms with van der Waals surface area (Å²) >= 11 is 1.28. The molecule has 0 bridgehead atoms. The fourth-order valence-electron chi connectivity index (χ4n) is 2.06. The second-order valence-electron chi connectivity index (χ2n) is 4.60. The Bertz CT molecular complexity index is 570. The average Bonchev–Trinajstić information content (AvgIpc) is 2.95. The maximum absolute atomic E-state index is 11.8. The maximum Gasteiger partial charge on any atom is 0.270 e. The van der Waals surface area contributed by atoms with E-state index in [2.05, 4.69) is 34.3 Å². The molecular formula is C15H20N4OS. The number of nitrogens with zero attached hydrogens (tertiary/aromatic N) is 2. The van der Waals surface area contributed by atoms with E-state index in [0.29, 0.717) is 17.4 Å². The van der Waals surface area contributed by atoms with E-state index in [1.54, 1.807) is 5.38 Å². The Morgan fingerprint density at radius 1 is 1.38 bits per heavy atom. The summed E-state index contributed by atoms with van der Waals surface area (Å²) in [6.07, 6.45) is 0.883. The largest absolute Gasteiger partial charge is 0.375 e. The minimum atomic E-state index is -0.161. The van der Waals surface area contributed by atoms with Crippen LogP contribution >= 0.6 is 11.3 Å². The van der Waals surface area contributed by atoms with Crippen molar-refractivity contribution in [3.8, 4) is 0 Å². The first-order valence-electron chi connectivity index (χ1n) is 7.00. The average molecular weight is 304 g/mol. The molecule has 6 heteroatoms.